The summed E-state index contributed by atoms with van der Waals surface area (Å²) in [4.78, 5) is 36.0. The Morgan fingerprint density at radius 2 is 1.51 bits per heavy atom. The molecule has 3 N–H and O–H groups in total. The highest BCUT2D eigenvalue weighted by atomic mass is 16.5. The molecule has 1 atom stereocenters. The molecule has 4 rings (SSSR count). The summed E-state index contributed by atoms with van der Waals surface area (Å²) in [6, 6.07) is 22.4. The number of fused-ring (bicyclic) bond motifs is 3. The molecule has 7 nitrogen and oxygen atoms in total. The molecule has 0 saturated carbocycles. The number of nitrogens with one attached hydrogen (secondary N) is 2. The molecule has 0 saturated heterocycles. The predicted molar refractivity (Wildman–Crippen MR) is 133 cm³/mol. The van der Waals surface area contributed by atoms with Crippen molar-refractivity contribution in [3.63, 3.8) is 0 Å². The summed E-state index contributed by atoms with van der Waals surface area (Å²) in [6.07, 6.45) is 0.225. The molecular formula is C28H28N2O5. The van der Waals surface area contributed by atoms with Gasteiger partial charge in [0, 0.05) is 18.0 Å². The fraction of sp³-hybridized carbons (Fsp3) is 0.250. The first kappa shape index (κ1) is 24.0. The van der Waals surface area contributed by atoms with Crippen LogP contribution in [-0.4, -0.2) is 35.7 Å². The average Bonchev–Trinajstić information content (AvgIpc) is 3.19. The van der Waals surface area contributed by atoms with Gasteiger partial charge in [-0.15, -0.1) is 0 Å². The fourth-order valence-electron chi connectivity index (χ4n) is 4.37. The molecule has 0 spiro atoms. The maximum absolute atomic E-state index is 12.7. The van der Waals surface area contributed by atoms with E-state index < -0.39 is 18.1 Å². The molecule has 2 amide bonds. The molecule has 0 aliphatic heterocycles. The Balaban J connectivity index is 1.33. The van der Waals surface area contributed by atoms with Gasteiger partial charge in [-0.05, 0) is 52.8 Å². The van der Waals surface area contributed by atoms with Gasteiger partial charge >= 0.3 is 12.1 Å². The summed E-state index contributed by atoms with van der Waals surface area (Å²) < 4.78 is 5.56. The van der Waals surface area contributed by atoms with Crippen LogP contribution < -0.4 is 10.6 Å². The largest absolute Gasteiger partial charge is 0.481 e. The molecule has 7 heteroatoms. The molecule has 1 unspecified atom stereocenters. The lowest BCUT2D eigenvalue weighted by molar-refractivity contribution is -0.137. The smallest absolute Gasteiger partial charge is 0.407 e. The van der Waals surface area contributed by atoms with E-state index in [9.17, 15) is 14.4 Å². The van der Waals surface area contributed by atoms with Crippen molar-refractivity contribution in [3.8, 4) is 11.1 Å². The molecule has 180 valence electrons. The minimum atomic E-state index is -0.854. The van der Waals surface area contributed by atoms with Gasteiger partial charge in [-0.1, -0.05) is 67.6 Å². The highest BCUT2D eigenvalue weighted by molar-refractivity contribution is 5.96. The zero-order valence-electron chi connectivity index (χ0n) is 19.5. The Bertz CT molecular complexity index is 1180. The highest BCUT2D eigenvalue weighted by Crippen LogP contribution is 2.44. The summed E-state index contributed by atoms with van der Waals surface area (Å²) in [5.41, 5.74) is 5.99. The first-order valence-electron chi connectivity index (χ1n) is 11.7. The number of carboxylic acid groups (broad SMARTS) is 1. The summed E-state index contributed by atoms with van der Waals surface area (Å²) in [5, 5.41) is 14.2. The maximum Gasteiger partial charge on any atom is 0.407 e. The number of aliphatic carboxylic acids is 1. The second-order valence-electron chi connectivity index (χ2n) is 8.51. The number of carbonyl (C=O) groups is 3. The lowest BCUT2D eigenvalue weighted by atomic mass is 9.98. The number of rotatable bonds is 9. The van der Waals surface area contributed by atoms with E-state index in [2.05, 4.69) is 34.9 Å². The molecule has 0 heterocycles. The van der Waals surface area contributed by atoms with Crippen molar-refractivity contribution in [2.75, 3.05) is 11.9 Å². The number of amides is 2. The third kappa shape index (κ3) is 5.69. The lowest BCUT2D eigenvalue weighted by Crippen LogP contribution is -2.43. The van der Waals surface area contributed by atoms with E-state index in [0.29, 0.717) is 18.5 Å². The van der Waals surface area contributed by atoms with Crippen LogP contribution in [0.3, 0.4) is 0 Å². The molecule has 0 fully saturated rings. The molecule has 0 aromatic heterocycles. The number of hydrogen-bond donors (Lipinski definition) is 3. The molecule has 3 aromatic carbocycles. The zero-order valence-corrected chi connectivity index (χ0v) is 19.5. The van der Waals surface area contributed by atoms with Crippen molar-refractivity contribution in [2.45, 2.75) is 38.1 Å². The third-order valence-corrected chi connectivity index (χ3v) is 6.21. The number of carboxylic acids is 1. The van der Waals surface area contributed by atoms with Crippen molar-refractivity contribution in [1.29, 1.82) is 0 Å². The Labute approximate surface area is 204 Å². The maximum atomic E-state index is 12.7. The van der Waals surface area contributed by atoms with E-state index in [1.54, 1.807) is 24.3 Å². The van der Waals surface area contributed by atoms with Crippen LogP contribution in [0.5, 0.6) is 0 Å². The van der Waals surface area contributed by atoms with Gasteiger partial charge in [0.2, 0.25) is 5.91 Å². The molecule has 1 aliphatic rings. The summed E-state index contributed by atoms with van der Waals surface area (Å²) >= 11 is 0. The SMILES string of the molecule is CCC(NC(=O)OCC1c2ccccc2-c2ccccc21)C(=O)Nc1ccc(CCC(=O)O)cc1. The van der Waals surface area contributed by atoms with Crippen LogP contribution in [0.1, 0.15) is 42.4 Å². The van der Waals surface area contributed by atoms with Crippen LogP contribution in [-0.2, 0) is 20.7 Å². The van der Waals surface area contributed by atoms with Gasteiger partial charge in [0.05, 0.1) is 0 Å². The van der Waals surface area contributed by atoms with Gasteiger partial charge in [-0.25, -0.2) is 4.79 Å². The average molecular weight is 473 g/mol. The Morgan fingerprint density at radius 1 is 0.914 bits per heavy atom. The minimum absolute atomic E-state index is 0.0493. The minimum Gasteiger partial charge on any atom is -0.481 e. The number of anilines is 1. The Morgan fingerprint density at radius 3 is 2.09 bits per heavy atom. The molecule has 0 radical (unpaired) electrons. The molecule has 35 heavy (non-hydrogen) atoms. The van der Waals surface area contributed by atoms with Crippen molar-refractivity contribution in [3.05, 3.63) is 89.5 Å². The topological polar surface area (TPSA) is 105 Å². The van der Waals surface area contributed by atoms with Crippen molar-refractivity contribution < 1.29 is 24.2 Å². The van der Waals surface area contributed by atoms with Gasteiger partial charge in [0.15, 0.2) is 0 Å². The number of carbonyl (C=O) groups excluding carboxylic acids is 2. The normalized spacial score (nSPS) is 12.8. The van der Waals surface area contributed by atoms with Gasteiger partial charge in [-0.3, -0.25) is 9.59 Å². The lowest BCUT2D eigenvalue weighted by Gasteiger charge is -2.19. The monoisotopic (exact) mass is 472 g/mol. The quantitative estimate of drug-likeness (QED) is 0.408. The van der Waals surface area contributed by atoms with E-state index in [1.165, 1.54) is 0 Å². The van der Waals surface area contributed by atoms with Crippen LogP contribution in [0.15, 0.2) is 72.8 Å². The molecule has 3 aromatic rings. The third-order valence-electron chi connectivity index (χ3n) is 6.21. The van der Waals surface area contributed by atoms with E-state index in [1.807, 2.05) is 31.2 Å². The molecule has 0 bridgehead atoms. The second kappa shape index (κ2) is 10.9. The number of benzene rings is 3. The van der Waals surface area contributed by atoms with E-state index in [-0.39, 0.29) is 24.9 Å². The zero-order chi connectivity index (χ0) is 24.8. The van der Waals surface area contributed by atoms with E-state index >= 15 is 0 Å². The van der Waals surface area contributed by atoms with Crippen LogP contribution in [0.2, 0.25) is 0 Å². The Hall–Kier alpha value is -4.13. The predicted octanol–water partition coefficient (Wildman–Crippen LogP) is 4.96. The first-order valence-corrected chi connectivity index (χ1v) is 11.7. The number of aryl methyl sites for hydroxylation is 1. The van der Waals surface area contributed by atoms with Crippen molar-refractivity contribution >= 4 is 23.7 Å². The molecule has 1 aliphatic carbocycles. The number of ether oxygens (including phenoxy) is 1. The van der Waals surface area contributed by atoms with Gasteiger partial charge in [-0.2, -0.15) is 0 Å². The van der Waals surface area contributed by atoms with E-state index in [4.69, 9.17) is 9.84 Å². The first-order chi connectivity index (χ1) is 17.0. The van der Waals surface area contributed by atoms with Crippen LogP contribution in [0.25, 0.3) is 11.1 Å². The summed E-state index contributed by atoms with van der Waals surface area (Å²) in [7, 11) is 0. The van der Waals surface area contributed by atoms with Crippen LogP contribution in [0, 0.1) is 0 Å². The fourth-order valence-corrected chi connectivity index (χ4v) is 4.37. The molecular weight excluding hydrogens is 444 g/mol. The van der Waals surface area contributed by atoms with Gasteiger partial charge < -0.3 is 20.5 Å². The second-order valence-corrected chi connectivity index (χ2v) is 8.51. The number of alkyl carbamates (subject to hydrolysis) is 1. The van der Waals surface area contributed by atoms with Crippen LogP contribution >= 0.6 is 0 Å². The Kier molecular flexibility index (Phi) is 7.45. The van der Waals surface area contributed by atoms with Crippen LogP contribution in [0.4, 0.5) is 10.5 Å². The standard InChI is InChI=1S/C28H28N2O5/c1-2-25(27(33)29-19-14-11-18(12-15-19)13-16-26(31)32)30-28(34)35-17-24-22-9-5-3-7-20(22)21-8-4-6-10-23(21)24/h3-12,14-15,24-25H,2,13,16-17H2,1H3,(H,29,33)(H,30,34)(H,31,32). The van der Waals surface area contributed by atoms with Gasteiger partial charge in [0.25, 0.3) is 0 Å². The van der Waals surface area contributed by atoms with Gasteiger partial charge in [0.1, 0.15) is 12.6 Å². The summed E-state index contributed by atoms with van der Waals surface area (Å²) in [6.45, 7) is 1.98. The van der Waals surface area contributed by atoms with Crippen molar-refractivity contribution in [2.24, 2.45) is 0 Å². The van der Waals surface area contributed by atoms with Crippen molar-refractivity contribution in [1.82, 2.24) is 5.32 Å². The van der Waals surface area contributed by atoms with E-state index in [0.717, 1.165) is 27.8 Å². The number of hydrogen-bond acceptors (Lipinski definition) is 4. The summed E-state index contributed by atoms with van der Waals surface area (Å²) in [5.74, 6) is -1.26. The highest BCUT2D eigenvalue weighted by Gasteiger charge is 2.29.